The van der Waals surface area contributed by atoms with Crippen LogP contribution < -0.4 is 0 Å². The van der Waals surface area contributed by atoms with Gasteiger partial charge in [0.1, 0.15) is 0 Å². The number of likely N-dealkylation sites (tertiary alicyclic amines) is 1. The number of carbonyl (C=O) groups is 2. The van der Waals surface area contributed by atoms with E-state index in [4.69, 9.17) is 0 Å². The Balaban J connectivity index is 2.33. The van der Waals surface area contributed by atoms with E-state index in [1.807, 2.05) is 13.8 Å². The normalized spacial score (nSPS) is 21.3. The number of rotatable bonds is 4. The van der Waals surface area contributed by atoms with Crippen molar-refractivity contribution >= 4 is 21.7 Å². The van der Waals surface area contributed by atoms with E-state index in [1.165, 1.54) is 11.0 Å². The van der Waals surface area contributed by atoms with E-state index in [0.717, 1.165) is 6.26 Å². The Morgan fingerprint density at radius 1 is 1.29 bits per heavy atom. The number of hydrogen-bond acceptors (Lipinski definition) is 4. The van der Waals surface area contributed by atoms with Crippen LogP contribution in [0.2, 0.25) is 0 Å². The minimum atomic E-state index is -3.43. The van der Waals surface area contributed by atoms with Gasteiger partial charge in [0, 0.05) is 24.9 Å². The Bertz CT molecular complexity index is 784. The van der Waals surface area contributed by atoms with E-state index >= 15 is 0 Å². The Morgan fingerprint density at radius 3 is 2.38 bits per heavy atom. The summed E-state index contributed by atoms with van der Waals surface area (Å²) in [6, 6.07) is 4.57. The smallest absolute Gasteiger partial charge is 0.311 e. The van der Waals surface area contributed by atoms with Gasteiger partial charge in [0.05, 0.1) is 10.3 Å². The SMILES string of the molecule is Cc1ccc(C(=O)N2CCC(C(=O)O)(C(C)C)C2)cc1S(C)(=O)=O. The molecule has 7 heteroatoms. The third kappa shape index (κ3) is 3.17. The first-order valence-corrected chi connectivity index (χ1v) is 9.71. The quantitative estimate of drug-likeness (QED) is 0.893. The molecule has 0 radical (unpaired) electrons. The van der Waals surface area contributed by atoms with Crippen molar-refractivity contribution in [3.05, 3.63) is 29.3 Å². The summed E-state index contributed by atoms with van der Waals surface area (Å²) in [4.78, 5) is 26.0. The highest BCUT2D eigenvalue weighted by atomic mass is 32.2. The van der Waals surface area contributed by atoms with Crippen LogP contribution >= 0.6 is 0 Å². The van der Waals surface area contributed by atoms with E-state index in [-0.39, 0.29) is 28.8 Å². The topological polar surface area (TPSA) is 91.8 Å². The third-order valence-corrected chi connectivity index (χ3v) is 6.19. The predicted molar refractivity (Wildman–Crippen MR) is 89.7 cm³/mol. The molecule has 1 saturated heterocycles. The van der Waals surface area contributed by atoms with Crippen LogP contribution in [0.5, 0.6) is 0 Å². The highest BCUT2D eigenvalue weighted by molar-refractivity contribution is 7.90. The molecule has 1 unspecified atom stereocenters. The van der Waals surface area contributed by atoms with Gasteiger partial charge in [0.2, 0.25) is 0 Å². The molecule has 0 spiro atoms. The fourth-order valence-electron chi connectivity index (χ4n) is 3.21. The molecule has 2 rings (SSSR count). The molecule has 0 bridgehead atoms. The molecule has 1 heterocycles. The summed E-state index contributed by atoms with van der Waals surface area (Å²) < 4.78 is 23.7. The second-order valence-corrected chi connectivity index (χ2v) is 8.83. The first kappa shape index (κ1) is 18.4. The number of carboxylic acid groups (broad SMARTS) is 1. The van der Waals surface area contributed by atoms with Gasteiger partial charge < -0.3 is 10.0 Å². The number of carboxylic acids is 1. The monoisotopic (exact) mass is 353 g/mol. The molecule has 24 heavy (non-hydrogen) atoms. The van der Waals surface area contributed by atoms with Crippen LogP contribution in [0.25, 0.3) is 0 Å². The minimum absolute atomic E-state index is 0.0996. The summed E-state index contributed by atoms with van der Waals surface area (Å²) in [6.45, 7) is 5.85. The van der Waals surface area contributed by atoms with Crippen molar-refractivity contribution in [2.75, 3.05) is 19.3 Å². The van der Waals surface area contributed by atoms with Crippen LogP contribution in [-0.2, 0) is 14.6 Å². The van der Waals surface area contributed by atoms with Gasteiger partial charge in [-0.2, -0.15) is 0 Å². The van der Waals surface area contributed by atoms with Gasteiger partial charge in [0.25, 0.3) is 5.91 Å². The number of nitrogens with zero attached hydrogens (tertiary/aromatic N) is 1. The molecule has 1 amide bonds. The lowest BCUT2D eigenvalue weighted by atomic mass is 9.76. The number of carbonyl (C=O) groups excluding carboxylic acids is 1. The lowest BCUT2D eigenvalue weighted by Crippen LogP contribution is -2.40. The predicted octanol–water partition coefficient (Wildman–Crippen LogP) is 1.97. The summed E-state index contributed by atoms with van der Waals surface area (Å²) >= 11 is 0. The number of benzene rings is 1. The van der Waals surface area contributed by atoms with Crippen molar-refractivity contribution in [2.45, 2.75) is 32.1 Å². The summed E-state index contributed by atoms with van der Waals surface area (Å²) in [5, 5.41) is 9.57. The molecule has 1 fully saturated rings. The molecule has 1 aromatic carbocycles. The van der Waals surface area contributed by atoms with Crippen molar-refractivity contribution in [1.29, 1.82) is 0 Å². The average molecular weight is 353 g/mol. The van der Waals surface area contributed by atoms with Crippen LogP contribution in [0.4, 0.5) is 0 Å². The molecule has 1 N–H and O–H groups in total. The van der Waals surface area contributed by atoms with E-state index < -0.39 is 21.2 Å². The fourth-order valence-corrected chi connectivity index (χ4v) is 4.21. The average Bonchev–Trinajstić information content (AvgIpc) is 2.92. The standard InChI is InChI=1S/C17H23NO5S/c1-11(2)17(16(20)21)7-8-18(10-17)15(19)13-6-5-12(3)14(9-13)24(4,22)23/h5-6,9,11H,7-8,10H2,1-4H3,(H,20,21). The van der Waals surface area contributed by atoms with Gasteiger partial charge in [-0.05, 0) is 37.0 Å². The summed E-state index contributed by atoms with van der Waals surface area (Å²) in [5.74, 6) is -1.32. The number of sulfone groups is 1. The Labute approximate surface area is 142 Å². The molecule has 6 nitrogen and oxygen atoms in total. The maximum absolute atomic E-state index is 12.7. The molecule has 0 saturated carbocycles. The molecule has 0 aliphatic carbocycles. The van der Waals surface area contributed by atoms with Crippen LogP contribution in [-0.4, -0.2) is 49.6 Å². The van der Waals surface area contributed by atoms with Gasteiger partial charge in [-0.3, -0.25) is 9.59 Å². The van der Waals surface area contributed by atoms with Gasteiger partial charge in [-0.25, -0.2) is 8.42 Å². The maximum Gasteiger partial charge on any atom is 0.311 e. The minimum Gasteiger partial charge on any atom is -0.481 e. The molecule has 1 atom stereocenters. The van der Waals surface area contributed by atoms with Crippen molar-refractivity contribution < 1.29 is 23.1 Å². The Morgan fingerprint density at radius 2 is 1.92 bits per heavy atom. The largest absolute Gasteiger partial charge is 0.481 e. The van der Waals surface area contributed by atoms with E-state index in [2.05, 4.69) is 0 Å². The van der Waals surface area contributed by atoms with Gasteiger partial charge >= 0.3 is 5.97 Å². The summed E-state index contributed by atoms with van der Waals surface area (Å²) in [7, 11) is -3.43. The van der Waals surface area contributed by atoms with Gasteiger partial charge in [0.15, 0.2) is 9.84 Å². The van der Waals surface area contributed by atoms with Crippen LogP contribution in [0.3, 0.4) is 0 Å². The lowest BCUT2D eigenvalue weighted by molar-refractivity contribution is -0.150. The van der Waals surface area contributed by atoms with E-state index in [1.54, 1.807) is 19.1 Å². The zero-order valence-corrected chi connectivity index (χ0v) is 15.2. The summed E-state index contributed by atoms with van der Waals surface area (Å²) in [5.41, 5.74) is -0.0940. The third-order valence-electron chi connectivity index (χ3n) is 4.95. The zero-order chi connectivity index (χ0) is 18.3. The number of hydrogen-bond donors (Lipinski definition) is 1. The molecular formula is C17H23NO5S. The highest BCUT2D eigenvalue weighted by Crippen LogP contribution is 2.38. The fraction of sp³-hybridized carbons (Fsp3) is 0.529. The van der Waals surface area contributed by atoms with Crippen molar-refractivity contribution in [2.24, 2.45) is 11.3 Å². The van der Waals surface area contributed by atoms with E-state index in [9.17, 15) is 23.1 Å². The number of amides is 1. The van der Waals surface area contributed by atoms with Gasteiger partial charge in [-0.1, -0.05) is 19.9 Å². The highest BCUT2D eigenvalue weighted by Gasteiger charge is 2.48. The lowest BCUT2D eigenvalue weighted by Gasteiger charge is -2.28. The molecule has 1 aliphatic rings. The molecule has 132 valence electrons. The van der Waals surface area contributed by atoms with Crippen molar-refractivity contribution in [1.82, 2.24) is 4.90 Å². The van der Waals surface area contributed by atoms with Crippen molar-refractivity contribution in [3.8, 4) is 0 Å². The molecular weight excluding hydrogens is 330 g/mol. The summed E-state index contributed by atoms with van der Waals surface area (Å²) in [6.07, 6.45) is 1.50. The Hall–Kier alpha value is -1.89. The van der Waals surface area contributed by atoms with Crippen molar-refractivity contribution in [3.63, 3.8) is 0 Å². The molecule has 0 aromatic heterocycles. The first-order valence-electron chi connectivity index (χ1n) is 7.82. The number of aliphatic carboxylic acids is 1. The second kappa shape index (κ2) is 6.20. The van der Waals surface area contributed by atoms with Crippen LogP contribution in [0.15, 0.2) is 23.1 Å². The zero-order valence-electron chi connectivity index (χ0n) is 14.4. The van der Waals surface area contributed by atoms with Crippen LogP contribution in [0.1, 0.15) is 36.2 Å². The number of aryl methyl sites for hydroxylation is 1. The maximum atomic E-state index is 12.7. The second-order valence-electron chi connectivity index (χ2n) is 6.85. The molecule has 1 aliphatic heterocycles. The van der Waals surface area contributed by atoms with Gasteiger partial charge in [-0.15, -0.1) is 0 Å². The Kier molecular flexibility index (Phi) is 4.77. The molecule has 1 aromatic rings. The first-order chi connectivity index (χ1) is 11.0. The van der Waals surface area contributed by atoms with Crippen LogP contribution in [0, 0.1) is 18.3 Å². The van der Waals surface area contributed by atoms with E-state index in [0.29, 0.717) is 18.5 Å².